The van der Waals surface area contributed by atoms with Crippen molar-refractivity contribution in [3.8, 4) is 0 Å². The first-order valence-electron chi connectivity index (χ1n) is 7.34. The fraction of sp³-hybridized carbons (Fsp3) is 1.00. The number of hydrogen-bond acceptors (Lipinski definition) is 3. The third kappa shape index (κ3) is 2.43. The second-order valence-electron chi connectivity index (χ2n) is 6.12. The van der Waals surface area contributed by atoms with E-state index in [1.54, 1.807) is 0 Å². The maximum atomic E-state index is 15.1. The van der Waals surface area contributed by atoms with E-state index in [0.717, 1.165) is 58.6 Å². The van der Waals surface area contributed by atoms with Gasteiger partial charge in [0.1, 0.15) is 5.67 Å². The summed E-state index contributed by atoms with van der Waals surface area (Å²) in [4.78, 5) is 0. The van der Waals surface area contributed by atoms with E-state index in [-0.39, 0.29) is 11.5 Å². The largest absolute Gasteiger partial charge is 0.381 e. The summed E-state index contributed by atoms with van der Waals surface area (Å²) in [6.45, 7) is 3.92. The molecule has 18 heavy (non-hydrogen) atoms. The van der Waals surface area contributed by atoms with Crippen LogP contribution in [0.4, 0.5) is 4.39 Å². The van der Waals surface area contributed by atoms with Gasteiger partial charge in [-0.1, -0.05) is 0 Å². The molecule has 4 heteroatoms. The number of rotatable bonds is 1. The Labute approximate surface area is 108 Å². The third-order valence-corrected chi connectivity index (χ3v) is 5.06. The molecule has 3 saturated heterocycles. The summed E-state index contributed by atoms with van der Waals surface area (Å²) in [6.07, 6.45) is 5.01. The second-order valence-corrected chi connectivity index (χ2v) is 6.12. The Bertz CT molecular complexity index is 267. The Hall–Kier alpha value is -0.190. The highest BCUT2D eigenvalue weighted by atomic mass is 19.1. The first kappa shape index (κ1) is 12.8. The number of hydrogen-bond donors (Lipinski definition) is 1. The summed E-state index contributed by atoms with van der Waals surface area (Å²) in [5, 5.41) is 3.26. The molecule has 3 aliphatic rings. The Kier molecular flexibility index (Phi) is 3.61. The van der Waals surface area contributed by atoms with Gasteiger partial charge in [-0.15, -0.1) is 0 Å². The fourth-order valence-corrected chi connectivity index (χ4v) is 3.81. The van der Waals surface area contributed by atoms with Crippen LogP contribution < -0.4 is 5.32 Å². The van der Waals surface area contributed by atoms with Gasteiger partial charge in [-0.3, -0.25) is 0 Å². The molecule has 1 N–H and O–H groups in total. The molecule has 0 aliphatic carbocycles. The molecule has 3 fully saturated rings. The van der Waals surface area contributed by atoms with Crippen LogP contribution in [0, 0.1) is 5.92 Å². The van der Waals surface area contributed by atoms with Crippen LogP contribution in [0.5, 0.6) is 0 Å². The van der Waals surface area contributed by atoms with Gasteiger partial charge >= 0.3 is 0 Å². The molecule has 0 radical (unpaired) electrons. The van der Waals surface area contributed by atoms with Crippen molar-refractivity contribution in [1.29, 1.82) is 0 Å². The summed E-state index contributed by atoms with van der Waals surface area (Å²) in [6, 6.07) is 0. The van der Waals surface area contributed by atoms with E-state index in [2.05, 4.69) is 5.32 Å². The number of alkyl halides is 1. The monoisotopic (exact) mass is 257 g/mol. The molecule has 3 aliphatic heterocycles. The summed E-state index contributed by atoms with van der Waals surface area (Å²) in [7, 11) is 0. The quantitative estimate of drug-likeness (QED) is 0.780. The third-order valence-electron chi connectivity index (χ3n) is 5.06. The van der Waals surface area contributed by atoms with Crippen molar-refractivity contribution in [1.82, 2.24) is 5.32 Å². The average molecular weight is 257 g/mol. The first-order chi connectivity index (χ1) is 8.73. The van der Waals surface area contributed by atoms with Gasteiger partial charge in [0.05, 0.1) is 5.60 Å². The maximum absolute atomic E-state index is 15.1. The molecule has 0 amide bonds. The lowest BCUT2D eigenvalue weighted by Gasteiger charge is -2.48. The van der Waals surface area contributed by atoms with E-state index in [9.17, 15) is 0 Å². The zero-order valence-electron chi connectivity index (χ0n) is 11.0. The Morgan fingerprint density at radius 1 is 1.00 bits per heavy atom. The SMILES string of the molecule is FC1(C2CCOC3(CCOCC3)C2)CCNCC1. The predicted octanol–water partition coefficient (Wildman–Crippen LogP) is 2.05. The predicted molar refractivity (Wildman–Crippen MR) is 67.4 cm³/mol. The Morgan fingerprint density at radius 2 is 1.72 bits per heavy atom. The fourth-order valence-electron chi connectivity index (χ4n) is 3.81. The zero-order valence-corrected chi connectivity index (χ0v) is 11.0. The summed E-state index contributed by atoms with van der Waals surface area (Å²) < 4.78 is 26.5. The van der Waals surface area contributed by atoms with E-state index < -0.39 is 5.67 Å². The molecule has 0 aromatic heterocycles. The van der Waals surface area contributed by atoms with Crippen LogP contribution in [0.15, 0.2) is 0 Å². The van der Waals surface area contributed by atoms with Crippen molar-refractivity contribution in [3.63, 3.8) is 0 Å². The molecule has 3 heterocycles. The van der Waals surface area contributed by atoms with Crippen LogP contribution in [0.25, 0.3) is 0 Å². The topological polar surface area (TPSA) is 30.5 Å². The summed E-state index contributed by atoms with van der Waals surface area (Å²) >= 11 is 0. The Balaban J connectivity index is 1.69. The zero-order chi connectivity index (χ0) is 12.5. The van der Waals surface area contributed by atoms with Crippen molar-refractivity contribution in [3.05, 3.63) is 0 Å². The van der Waals surface area contributed by atoms with Crippen LogP contribution in [-0.4, -0.2) is 44.2 Å². The summed E-state index contributed by atoms with van der Waals surface area (Å²) in [5.74, 6) is 0.187. The number of halogens is 1. The van der Waals surface area contributed by atoms with Crippen LogP contribution in [0.1, 0.15) is 38.5 Å². The normalized spacial score (nSPS) is 35.5. The van der Waals surface area contributed by atoms with Gasteiger partial charge in [0.15, 0.2) is 0 Å². The average Bonchev–Trinajstić information content (AvgIpc) is 2.41. The van der Waals surface area contributed by atoms with Crippen molar-refractivity contribution in [2.24, 2.45) is 5.92 Å². The van der Waals surface area contributed by atoms with E-state index in [4.69, 9.17) is 9.47 Å². The van der Waals surface area contributed by atoms with E-state index in [1.165, 1.54) is 0 Å². The maximum Gasteiger partial charge on any atom is 0.116 e. The molecule has 0 aromatic carbocycles. The molecule has 1 atom stereocenters. The Morgan fingerprint density at radius 3 is 2.44 bits per heavy atom. The molecule has 104 valence electrons. The molecule has 0 saturated carbocycles. The van der Waals surface area contributed by atoms with E-state index in [0.29, 0.717) is 12.8 Å². The van der Waals surface area contributed by atoms with E-state index >= 15 is 4.39 Å². The number of nitrogens with one attached hydrogen (secondary N) is 1. The highest BCUT2D eigenvalue weighted by Crippen LogP contribution is 2.45. The summed E-state index contributed by atoms with van der Waals surface area (Å²) in [5.41, 5.74) is -1.04. The first-order valence-corrected chi connectivity index (χ1v) is 7.34. The van der Waals surface area contributed by atoms with Crippen molar-refractivity contribution < 1.29 is 13.9 Å². The van der Waals surface area contributed by atoms with Gasteiger partial charge in [0.25, 0.3) is 0 Å². The molecule has 1 spiro atoms. The lowest BCUT2D eigenvalue weighted by Crippen LogP contribution is -2.52. The van der Waals surface area contributed by atoms with Crippen molar-refractivity contribution >= 4 is 0 Å². The minimum atomic E-state index is -0.958. The minimum Gasteiger partial charge on any atom is -0.381 e. The standard InChI is InChI=1S/C14H24FNO2/c15-14(2-6-16-7-3-14)12-1-8-18-13(11-12)4-9-17-10-5-13/h12,16H,1-11H2. The van der Waals surface area contributed by atoms with Crippen molar-refractivity contribution in [2.45, 2.75) is 49.8 Å². The van der Waals surface area contributed by atoms with Gasteiger partial charge in [-0.25, -0.2) is 4.39 Å². The molecular formula is C14H24FNO2. The van der Waals surface area contributed by atoms with Crippen LogP contribution in [0.2, 0.25) is 0 Å². The lowest BCUT2D eigenvalue weighted by atomic mass is 9.71. The van der Waals surface area contributed by atoms with Crippen molar-refractivity contribution in [2.75, 3.05) is 32.9 Å². The number of ether oxygens (including phenoxy) is 2. The highest BCUT2D eigenvalue weighted by Gasteiger charge is 2.47. The lowest BCUT2D eigenvalue weighted by molar-refractivity contribution is -0.166. The van der Waals surface area contributed by atoms with Gasteiger partial charge in [0.2, 0.25) is 0 Å². The molecule has 1 unspecified atom stereocenters. The van der Waals surface area contributed by atoms with Crippen LogP contribution in [0.3, 0.4) is 0 Å². The van der Waals surface area contributed by atoms with Gasteiger partial charge in [-0.05, 0) is 57.5 Å². The highest BCUT2D eigenvalue weighted by molar-refractivity contribution is 4.98. The number of piperidine rings is 1. The van der Waals surface area contributed by atoms with Gasteiger partial charge in [0, 0.05) is 19.8 Å². The van der Waals surface area contributed by atoms with Gasteiger partial charge in [-0.2, -0.15) is 0 Å². The molecule has 3 nitrogen and oxygen atoms in total. The smallest absolute Gasteiger partial charge is 0.116 e. The molecular weight excluding hydrogens is 233 g/mol. The molecule has 0 aromatic rings. The second kappa shape index (κ2) is 5.06. The van der Waals surface area contributed by atoms with Crippen LogP contribution in [-0.2, 0) is 9.47 Å². The van der Waals surface area contributed by atoms with Gasteiger partial charge < -0.3 is 14.8 Å². The van der Waals surface area contributed by atoms with Crippen LogP contribution >= 0.6 is 0 Å². The van der Waals surface area contributed by atoms with E-state index in [1.807, 2.05) is 0 Å². The minimum absolute atomic E-state index is 0.0782. The molecule has 3 rings (SSSR count). The molecule has 0 bridgehead atoms.